The molecule has 6 nitrogen and oxygen atoms in total. The summed E-state index contributed by atoms with van der Waals surface area (Å²) in [5.41, 5.74) is 0.192. The lowest BCUT2D eigenvalue weighted by Crippen LogP contribution is -2.23. The molecular weight excluding hydrogens is 292 g/mol. The monoisotopic (exact) mass is 308 g/mol. The van der Waals surface area contributed by atoms with Gasteiger partial charge in [0.2, 0.25) is 11.8 Å². The molecule has 0 radical (unpaired) electrons. The number of nitrogens with zero attached hydrogens (tertiary/aromatic N) is 2. The normalized spacial score (nSPS) is 11.4. The maximum Gasteiger partial charge on any atom is 0.348 e. The molecule has 112 valence electrons. The van der Waals surface area contributed by atoms with Gasteiger partial charge in [-0.15, -0.1) is 21.5 Å². The first kappa shape index (κ1) is 15.2. The minimum atomic E-state index is -0.574. The van der Waals surface area contributed by atoms with Gasteiger partial charge in [-0.2, -0.15) is 0 Å². The Hall–Kier alpha value is -2.15. The average molecular weight is 308 g/mol. The number of carbonyl (C=O) groups excluding carboxylic acids is 1. The van der Waals surface area contributed by atoms with Gasteiger partial charge in [0.25, 0.3) is 0 Å². The van der Waals surface area contributed by atoms with E-state index in [1.165, 1.54) is 0 Å². The number of aromatic hydroxyl groups is 2. The summed E-state index contributed by atoms with van der Waals surface area (Å²) in [7, 11) is 0. The fourth-order valence-electron chi connectivity index (χ4n) is 1.70. The van der Waals surface area contributed by atoms with Gasteiger partial charge in [0.1, 0.15) is 10.5 Å². The predicted molar refractivity (Wildman–Crippen MR) is 78.6 cm³/mol. The quantitative estimate of drug-likeness (QED) is 0.829. The van der Waals surface area contributed by atoms with Gasteiger partial charge in [0.15, 0.2) is 0 Å². The topological polar surface area (TPSA) is 92.5 Å². The largest absolute Gasteiger partial charge is 0.492 e. The Morgan fingerprint density at radius 3 is 2.43 bits per heavy atom. The molecule has 0 aliphatic heterocycles. The molecule has 2 N–H and O–H groups in total. The summed E-state index contributed by atoms with van der Waals surface area (Å²) < 4.78 is 5.29. The molecule has 2 aromatic heterocycles. The molecule has 0 aromatic carbocycles. The summed E-state index contributed by atoms with van der Waals surface area (Å²) in [5.74, 6) is -0.972. The summed E-state index contributed by atoms with van der Waals surface area (Å²) >= 11 is 1.16. The Kier molecular flexibility index (Phi) is 3.87. The van der Waals surface area contributed by atoms with Crippen LogP contribution in [0.25, 0.3) is 10.4 Å². The predicted octanol–water partition coefficient (Wildman–Crippen LogP) is 2.88. The van der Waals surface area contributed by atoms with E-state index in [1.54, 1.807) is 39.8 Å². The van der Waals surface area contributed by atoms with Crippen molar-refractivity contribution in [3.05, 3.63) is 22.6 Å². The number of rotatable bonds is 2. The van der Waals surface area contributed by atoms with E-state index in [-0.39, 0.29) is 11.8 Å². The zero-order valence-corrected chi connectivity index (χ0v) is 13.0. The summed E-state index contributed by atoms with van der Waals surface area (Å²) in [6, 6.07) is 3.29. The first-order chi connectivity index (χ1) is 9.69. The Bertz CT molecular complexity index is 689. The van der Waals surface area contributed by atoms with Crippen LogP contribution in [0, 0.1) is 6.92 Å². The lowest BCUT2D eigenvalue weighted by molar-refractivity contribution is 0.00752. The summed E-state index contributed by atoms with van der Waals surface area (Å²) in [5, 5.41) is 26.3. The zero-order chi connectivity index (χ0) is 15.8. The van der Waals surface area contributed by atoms with Crippen LogP contribution in [0.2, 0.25) is 0 Å². The molecule has 0 amide bonds. The second-order valence-corrected chi connectivity index (χ2v) is 6.60. The lowest BCUT2D eigenvalue weighted by Gasteiger charge is -2.18. The number of hydrogen-bond donors (Lipinski definition) is 2. The van der Waals surface area contributed by atoms with E-state index < -0.39 is 11.6 Å². The molecule has 0 saturated heterocycles. The van der Waals surface area contributed by atoms with E-state index in [9.17, 15) is 15.0 Å². The van der Waals surface area contributed by atoms with E-state index >= 15 is 0 Å². The first-order valence-electron chi connectivity index (χ1n) is 6.28. The van der Waals surface area contributed by atoms with Crippen LogP contribution in [0.15, 0.2) is 12.1 Å². The summed E-state index contributed by atoms with van der Waals surface area (Å²) in [6.45, 7) is 6.99. The van der Waals surface area contributed by atoms with Gasteiger partial charge in [-0.05, 0) is 39.8 Å². The van der Waals surface area contributed by atoms with Gasteiger partial charge in [-0.25, -0.2) is 4.79 Å². The number of ether oxygens (including phenoxy) is 1. The van der Waals surface area contributed by atoms with E-state index in [2.05, 4.69) is 10.2 Å². The van der Waals surface area contributed by atoms with Crippen LogP contribution < -0.4 is 0 Å². The summed E-state index contributed by atoms with van der Waals surface area (Å²) in [4.78, 5) is 13.0. The van der Waals surface area contributed by atoms with Crippen molar-refractivity contribution in [1.29, 1.82) is 0 Å². The van der Waals surface area contributed by atoms with Crippen molar-refractivity contribution >= 4 is 17.3 Å². The third kappa shape index (κ3) is 3.30. The van der Waals surface area contributed by atoms with E-state index in [4.69, 9.17) is 4.74 Å². The van der Waals surface area contributed by atoms with E-state index in [0.29, 0.717) is 20.9 Å². The van der Waals surface area contributed by atoms with Crippen molar-refractivity contribution in [1.82, 2.24) is 10.2 Å². The number of aromatic nitrogens is 2. The Balaban J connectivity index is 2.37. The van der Waals surface area contributed by atoms with Crippen molar-refractivity contribution < 1.29 is 19.7 Å². The van der Waals surface area contributed by atoms with Crippen LogP contribution in [-0.2, 0) is 4.74 Å². The van der Waals surface area contributed by atoms with Gasteiger partial charge in [-0.3, -0.25) is 0 Å². The fourth-order valence-corrected chi connectivity index (χ4v) is 2.69. The van der Waals surface area contributed by atoms with E-state index in [1.807, 2.05) is 0 Å². The van der Waals surface area contributed by atoms with Crippen molar-refractivity contribution in [3.8, 4) is 22.2 Å². The molecular formula is C14H16N2O4S. The van der Waals surface area contributed by atoms with Gasteiger partial charge in [0.05, 0.1) is 5.56 Å². The molecule has 0 spiro atoms. The maximum absolute atomic E-state index is 12.0. The van der Waals surface area contributed by atoms with Crippen LogP contribution >= 0.6 is 11.3 Å². The number of thiophene rings is 1. The Labute approximate surface area is 126 Å². The number of hydrogen-bond acceptors (Lipinski definition) is 7. The molecule has 21 heavy (non-hydrogen) atoms. The molecule has 0 atom stereocenters. The Morgan fingerprint density at radius 2 is 1.81 bits per heavy atom. The van der Waals surface area contributed by atoms with Gasteiger partial charge < -0.3 is 14.9 Å². The molecule has 0 aliphatic rings. The third-order valence-electron chi connectivity index (χ3n) is 2.63. The van der Waals surface area contributed by atoms with Gasteiger partial charge in [0, 0.05) is 10.4 Å². The second kappa shape index (κ2) is 5.33. The first-order valence-corrected chi connectivity index (χ1v) is 7.09. The summed E-state index contributed by atoms with van der Waals surface area (Å²) in [6.07, 6.45) is 0. The molecule has 7 heteroatoms. The standard InChI is InChI=1S/C14H16N2O4S/c1-7-10(12(18)16-15-11(7)17)8-5-6-9(21-8)13(19)20-14(2,3)4/h5-6H,1-4H3,(H,15,17)(H,16,18). The highest BCUT2D eigenvalue weighted by atomic mass is 32.1. The van der Waals surface area contributed by atoms with E-state index in [0.717, 1.165) is 11.3 Å². The molecule has 0 aliphatic carbocycles. The minimum Gasteiger partial charge on any atom is -0.492 e. The van der Waals surface area contributed by atoms with Crippen LogP contribution in [-0.4, -0.2) is 32.0 Å². The van der Waals surface area contributed by atoms with Crippen molar-refractivity contribution in [3.63, 3.8) is 0 Å². The van der Waals surface area contributed by atoms with Gasteiger partial charge >= 0.3 is 5.97 Å². The average Bonchev–Trinajstić information content (AvgIpc) is 2.82. The molecule has 2 heterocycles. The van der Waals surface area contributed by atoms with Crippen molar-refractivity contribution in [2.24, 2.45) is 0 Å². The molecule has 0 unspecified atom stereocenters. The van der Waals surface area contributed by atoms with Gasteiger partial charge in [-0.1, -0.05) is 0 Å². The molecule has 0 bridgehead atoms. The van der Waals surface area contributed by atoms with Crippen LogP contribution in [0.5, 0.6) is 11.8 Å². The third-order valence-corrected chi connectivity index (χ3v) is 3.71. The minimum absolute atomic E-state index is 0.255. The fraction of sp³-hybridized carbons (Fsp3) is 0.357. The molecule has 0 saturated carbocycles. The highest BCUT2D eigenvalue weighted by Crippen LogP contribution is 2.38. The van der Waals surface area contributed by atoms with Crippen molar-refractivity contribution in [2.75, 3.05) is 0 Å². The van der Waals surface area contributed by atoms with Crippen LogP contribution in [0.4, 0.5) is 0 Å². The number of esters is 1. The molecule has 0 fully saturated rings. The molecule has 2 rings (SSSR count). The number of carbonyl (C=O) groups is 1. The highest BCUT2D eigenvalue weighted by molar-refractivity contribution is 7.17. The highest BCUT2D eigenvalue weighted by Gasteiger charge is 2.21. The zero-order valence-electron chi connectivity index (χ0n) is 12.2. The lowest BCUT2D eigenvalue weighted by atomic mass is 10.1. The Morgan fingerprint density at radius 1 is 1.19 bits per heavy atom. The van der Waals surface area contributed by atoms with Crippen LogP contribution in [0.3, 0.4) is 0 Å². The smallest absolute Gasteiger partial charge is 0.348 e. The molecule has 2 aromatic rings. The maximum atomic E-state index is 12.0. The van der Waals surface area contributed by atoms with Crippen molar-refractivity contribution in [2.45, 2.75) is 33.3 Å². The SMILES string of the molecule is Cc1c(O)nnc(O)c1-c1ccc(C(=O)OC(C)(C)C)s1. The second-order valence-electron chi connectivity index (χ2n) is 5.51. The van der Waals surface area contributed by atoms with Crippen LogP contribution in [0.1, 0.15) is 36.0 Å².